The molecule has 26 heavy (non-hydrogen) atoms. The highest BCUT2D eigenvalue weighted by molar-refractivity contribution is 7.91. The summed E-state index contributed by atoms with van der Waals surface area (Å²) in [6.07, 6.45) is 0. The molecule has 134 valence electrons. The summed E-state index contributed by atoms with van der Waals surface area (Å²) in [5.74, 6) is -0.979. The van der Waals surface area contributed by atoms with Crippen LogP contribution in [0.2, 0.25) is 0 Å². The van der Waals surface area contributed by atoms with E-state index in [9.17, 15) is 17.6 Å². The zero-order chi connectivity index (χ0) is 18.7. The number of hydrogen-bond donors (Lipinski definition) is 1. The van der Waals surface area contributed by atoms with E-state index >= 15 is 0 Å². The molecule has 3 aromatic rings. The number of carbonyl (C=O) groups excluding carboxylic acids is 1. The standard InChI is InChI=1S/C18H15FN2O3S2/c1-2-26(23,24)16-6-4-3-5-14(16)17(22)21-18-20-15(11-25-18)12-7-9-13(19)10-8-12/h3-11H,2H2,1H3,(H,20,21,22). The zero-order valence-electron chi connectivity index (χ0n) is 13.8. The van der Waals surface area contributed by atoms with Crippen LogP contribution in [0.5, 0.6) is 0 Å². The third kappa shape index (κ3) is 3.81. The van der Waals surface area contributed by atoms with E-state index in [1.165, 1.54) is 42.5 Å². The fraction of sp³-hybridized carbons (Fsp3) is 0.111. The van der Waals surface area contributed by atoms with Crippen molar-refractivity contribution in [2.24, 2.45) is 0 Å². The molecule has 0 unspecified atom stereocenters. The maximum atomic E-state index is 13.0. The fourth-order valence-electron chi connectivity index (χ4n) is 2.33. The van der Waals surface area contributed by atoms with Crippen LogP contribution in [0.15, 0.2) is 58.8 Å². The second-order valence-electron chi connectivity index (χ2n) is 5.40. The van der Waals surface area contributed by atoms with Crippen molar-refractivity contribution in [3.8, 4) is 11.3 Å². The summed E-state index contributed by atoms with van der Waals surface area (Å²) in [7, 11) is -3.52. The SMILES string of the molecule is CCS(=O)(=O)c1ccccc1C(=O)Nc1nc(-c2ccc(F)cc2)cs1. The number of thiazole rings is 1. The summed E-state index contributed by atoms with van der Waals surface area (Å²) >= 11 is 1.20. The average Bonchev–Trinajstić information content (AvgIpc) is 3.10. The molecule has 0 atom stereocenters. The van der Waals surface area contributed by atoms with E-state index in [-0.39, 0.29) is 22.0 Å². The van der Waals surface area contributed by atoms with Crippen molar-refractivity contribution in [3.63, 3.8) is 0 Å². The summed E-state index contributed by atoms with van der Waals surface area (Å²) in [5, 5.41) is 4.69. The lowest BCUT2D eigenvalue weighted by Gasteiger charge is -2.08. The Hall–Kier alpha value is -2.58. The Kier molecular flexibility index (Phi) is 5.15. The highest BCUT2D eigenvalue weighted by Gasteiger charge is 2.21. The molecule has 0 spiro atoms. The fourth-order valence-corrected chi connectivity index (χ4v) is 4.14. The number of halogens is 1. The molecular weight excluding hydrogens is 375 g/mol. The Morgan fingerprint density at radius 1 is 1.15 bits per heavy atom. The number of nitrogens with one attached hydrogen (secondary N) is 1. The predicted octanol–water partition coefficient (Wildman–Crippen LogP) is 4.00. The molecule has 2 aromatic carbocycles. The second-order valence-corrected chi connectivity index (χ2v) is 8.50. The van der Waals surface area contributed by atoms with Gasteiger partial charge in [-0.3, -0.25) is 10.1 Å². The molecule has 0 saturated carbocycles. The molecule has 1 aromatic heterocycles. The van der Waals surface area contributed by atoms with E-state index in [0.29, 0.717) is 10.8 Å². The van der Waals surface area contributed by atoms with E-state index in [1.807, 2.05) is 0 Å². The molecule has 1 heterocycles. The molecule has 0 bridgehead atoms. The van der Waals surface area contributed by atoms with E-state index < -0.39 is 15.7 Å². The van der Waals surface area contributed by atoms with Gasteiger partial charge < -0.3 is 0 Å². The highest BCUT2D eigenvalue weighted by atomic mass is 32.2. The Morgan fingerprint density at radius 3 is 2.54 bits per heavy atom. The summed E-state index contributed by atoms with van der Waals surface area (Å²) in [6, 6.07) is 11.9. The molecule has 0 saturated heterocycles. The van der Waals surface area contributed by atoms with Crippen LogP contribution >= 0.6 is 11.3 Å². The second kappa shape index (κ2) is 7.35. The summed E-state index contributed by atoms with van der Waals surface area (Å²) in [4.78, 5) is 16.8. The van der Waals surface area contributed by atoms with Gasteiger partial charge in [-0.1, -0.05) is 19.1 Å². The molecule has 1 N–H and O–H groups in total. The average molecular weight is 390 g/mol. The van der Waals surface area contributed by atoms with Crippen LogP contribution in [-0.4, -0.2) is 25.1 Å². The maximum Gasteiger partial charge on any atom is 0.258 e. The van der Waals surface area contributed by atoms with Crippen molar-refractivity contribution >= 4 is 32.2 Å². The van der Waals surface area contributed by atoms with Crippen LogP contribution in [0, 0.1) is 5.82 Å². The molecule has 8 heteroatoms. The van der Waals surface area contributed by atoms with Crippen molar-refractivity contribution in [3.05, 3.63) is 65.3 Å². The van der Waals surface area contributed by atoms with Gasteiger partial charge in [-0.2, -0.15) is 0 Å². The van der Waals surface area contributed by atoms with Gasteiger partial charge in [0.25, 0.3) is 5.91 Å². The zero-order valence-corrected chi connectivity index (χ0v) is 15.4. The van der Waals surface area contributed by atoms with Crippen LogP contribution in [0.3, 0.4) is 0 Å². The van der Waals surface area contributed by atoms with Crippen LogP contribution in [-0.2, 0) is 9.84 Å². The number of anilines is 1. The monoisotopic (exact) mass is 390 g/mol. The smallest absolute Gasteiger partial charge is 0.258 e. The minimum atomic E-state index is -3.52. The van der Waals surface area contributed by atoms with Gasteiger partial charge in [-0.25, -0.2) is 17.8 Å². The molecule has 1 amide bonds. The van der Waals surface area contributed by atoms with Gasteiger partial charge in [0.2, 0.25) is 0 Å². The third-order valence-electron chi connectivity index (χ3n) is 3.71. The molecule has 0 aliphatic carbocycles. The van der Waals surface area contributed by atoms with Gasteiger partial charge in [-0.05, 0) is 36.4 Å². The largest absolute Gasteiger partial charge is 0.298 e. The minimum Gasteiger partial charge on any atom is -0.298 e. The Morgan fingerprint density at radius 2 is 1.85 bits per heavy atom. The molecule has 5 nitrogen and oxygen atoms in total. The first-order valence-electron chi connectivity index (χ1n) is 7.75. The van der Waals surface area contributed by atoms with E-state index in [0.717, 1.165) is 5.56 Å². The van der Waals surface area contributed by atoms with Crippen molar-refractivity contribution in [2.45, 2.75) is 11.8 Å². The molecule has 0 aliphatic heterocycles. The first kappa shape index (κ1) is 18.2. The predicted molar refractivity (Wildman–Crippen MR) is 99.6 cm³/mol. The highest BCUT2D eigenvalue weighted by Crippen LogP contribution is 2.26. The van der Waals surface area contributed by atoms with Gasteiger partial charge in [0.15, 0.2) is 15.0 Å². The normalized spacial score (nSPS) is 11.3. The molecule has 0 aliphatic rings. The Labute approximate surface area is 154 Å². The number of nitrogens with zero attached hydrogens (tertiary/aromatic N) is 1. The van der Waals surface area contributed by atoms with E-state index in [1.54, 1.807) is 29.6 Å². The van der Waals surface area contributed by atoms with E-state index in [4.69, 9.17) is 0 Å². The molecule has 0 fully saturated rings. The molecule has 3 rings (SSSR count). The van der Waals surface area contributed by atoms with Gasteiger partial charge >= 0.3 is 0 Å². The number of hydrogen-bond acceptors (Lipinski definition) is 5. The molecule has 0 radical (unpaired) electrons. The van der Waals surface area contributed by atoms with Crippen LogP contribution < -0.4 is 5.32 Å². The Balaban J connectivity index is 1.85. The third-order valence-corrected chi connectivity index (χ3v) is 6.26. The van der Waals surface area contributed by atoms with Crippen molar-refractivity contribution in [1.82, 2.24) is 4.98 Å². The lowest BCUT2D eigenvalue weighted by Crippen LogP contribution is -2.17. The van der Waals surface area contributed by atoms with Crippen molar-refractivity contribution < 1.29 is 17.6 Å². The number of benzene rings is 2. The van der Waals surface area contributed by atoms with Crippen molar-refractivity contribution in [1.29, 1.82) is 0 Å². The lowest BCUT2D eigenvalue weighted by molar-refractivity contribution is 0.102. The van der Waals surface area contributed by atoms with Crippen LogP contribution in [0.1, 0.15) is 17.3 Å². The quantitative estimate of drug-likeness (QED) is 0.715. The summed E-state index contributed by atoms with van der Waals surface area (Å²) in [5.41, 5.74) is 1.39. The number of rotatable bonds is 5. The van der Waals surface area contributed by atoms with Gasteiger partial charge in [0, 0.05) is 10.9 Å². The van der Waals surface area contributed by atoms with Crippen LogP contribution in [0.25, 0.3) is 11.3 Å². The van der Waals surface area contributed by atoms with Gasteiger partial charge in [-0.15, -0.1) is 11.3 Å². The number of carbonyl (C=O) groups is 1. The van der Waals surface area contributed by atoms with Crippen molar-refractivity contribution in [2.75, 3.05) is 11.1 Å². The molecular formula is C18H15FN2O3S2. The Bertz CT molecular complexity index is 1040. The minimum absolute atomic E-state index is 0.00434. The number of sulfone groups is 1. The first-order valence-corrected chi connectivity index (χ1v) is 10.3. The summed E-state index contributed by atoms with van der Waals surface area (Å²) < 4.78 is 37.4. The maximum absolute atomic E-state index is 13.0. The van der Waals surface area contributed by atoms with Crippen LogP contribution in [0.4, 0.5) is 9.52 Å². The number of aromatic nitrogens is 1. The first-order chi connectivity index (χ1) is 12.4. The van der Waals surface area contributed by atoms with Gasteiger partial charge in [0.05, 0.1) is 21.9 Å². The topological polar surface area (TPSA) is 76.1 Å². The van der Waals surface area contributed by atoms with Gasteiger partial charge in [0.1, 0.15) is 5.82 Å². The lowest BCUT2D eigenvalue weighted by atomic mass is 10.2. The number of amides is 1. The summed E-state index contributed by atoms with van der Waals surface area (Å²) in [6.45, 7) is 1.53. The van der Waals surface area contributed by atoms with E-state index in [2.05, 4.69) is 10.3 Å².